The highest BCUT2D eigenvalue weighted by molar-refractivity contribution is 6.17. The van der Waals surface area contributed by atoms with Crippen LogP contribution in [0.1, 0.15) is 101 Å². The van der Waals surface area contributed by atoms with E-state index in [0.717, 1.165) is 6.54 Å². The summed E-state index contributed by atoms with van der Waals surface area (Å²) in [4.78, 5) is 2.79. The molecule has 2 aromatic carbocycles. The zero-order valence-electron chi connectivity index (χ0n) is 20.5. The first kappa shape index (κ1) is 24.3. The van der Waals surface area contributed by atoms with Crippen LogP contribution >= 0.6 is 11.6 Å². The Morgan fingerprint density at radius 1 is 0.871 bits per heavy atom. The van der Waals surface area contributed by atoms with Crippen molar-refractivity contribution in [3.63, 3.8) is 0 Å². The Hall–Kier alpha value is -1.31. The molecule has 0 radical (unpaired) electrons. The first-order chi connectivity index (χ1) is 14.6. The second-order valence-electron chi connectivity index (χ2n) is 11.0. The van der Waals surface area contributed by atoms with Gasteiger partial charge in [-0.05, 0) is 102 Å². The van der Waals surface area contributed by atoms with Crippen molar-refractivity contribution in [1.82, 2.24) is 4.90 Å². The van der Waals surface area contributed by atoms with Gasteiger partial charge in [-0.1, -0.05) is 61.0 Å². The van der Waals surface area contributed by atoms with Gasteiger partial charge in [-0.25, -0.2) is 0 Å². The number of likely N-dealkylation sites (tertiary alicyclic amines) is 1. The lowest BCUT2D eigenvalue weighted by Crippen LogP contribution is -2.58. The van der Waals surface area contributed by atoms with Crippen LogP contribution in [0.3, 0.4) is 0 Å². The molecule has 1 heterocycles. The fourth-order valence-corrected chi connectivity index (χ4v) is 5.87. The van der Waals surface area contributed by atoms with Crippen LogP contribution in [0.4, 0.5) is 0 Å². The molecule has 2 unspecified atom stereocenters. The second-order valence-corrected chi connectivity index (χ2v) is 11.3. The summed E-state index contributed by atoms with van der Waals surface area (Å²) in [7, 11) is 0. The van der Waals surface area contributed by atoms with Crippen molar-refractivity contribution < 1.29 is 0 Å². The first-order valence-corrected chi connectivity index (χ1v) is 12.6. The molecule has 2 atom stereocenters. The molecule has 31 heavy (non-hydrogen) atoms. The van der Waals surface area contributed by atoms with E-state index in [0.29, 0.717) is 17.7 Å². The van der Waals surface area contributed by atoms with Gasteiger partial charge in [0.1, 0.15) is 0 Å². The average Bonchev–Trinajstić information content (AvgIpc) is 2.72. The third-order valence-corrected chi connectivity index (χ3v) is 7.94. The van der Waals surface area contributed by atoms with Crippen LogP contribution in [0.15, 0.2) is 48.5 Å². The third kappa shape index (κ3) is 6.14. The lowest BCUT2D eigenvalue weighted by molar-refractivity contribution is -0.0286. The molecule has 1 fully saturated rings. The Labute approximate surface area is 196 Å². The van der Waals surface area contributed by atoms with E-state index in [2.05, 4.69) is 95.0 Å². The van der Waals surface area contributed by atoms with E-state index in [1.165, 1.54) is 54.4 Å². The highest BCUT2D eigenvalue weighted by Crippen LogP contribution is 2.40. The maximum Gasteiger partial charge on any atom is 0.0474 e. The van der Waals surface area contributed by atoms with E-state index in [-0.39, 0.29) is 11.1 Å². The Morgan fingerprint density at radius 2 is 1.42 bits per heavy atom. The topological polar surface area (TPSA) is 3.24 Å². The maximum atomic E-state index is 6.05. The Balaban J connectivity index is 1.80. The minimum atomic E-state index is 0.275. The van der Waals surface area contributed by atoms with Gasteiger partial charge in [-0.15, -0.1) is 11.6 Å². The summed E-state index contributed by atoms with van der Waals surface area (Å²) in [6.45, 7) is 15.5. The molecule has 0 amide bonds. The number of rotatable bonds is 8. The molecule has 0 aliphatic carbocycles. The summed E-state index contributed by atoms with van der Waals surface area (Å²) in [5.41, 5.74) is 5.99. The van der Waals surface area contributed by atoms with E-state index < -0.39 is 0 Å². The first-order valence-electron chi connectivity index (χ1n) is 12.1. The van der Waals surface area contributed by atoms with E-state index in [1.54, 1.807) is 0 Å². The summed E-state index contributed by atoms with van der Waals surface area (Å²) >= 11 is 6.05. The average molecular weight is 440 g/mol. The predicted octanol–water partition coefficient (Wildman–Crippen LogP) is 8.44. The standard InChI is InChI=1S/C29H42ClN/c1-22-8-12-25(13-9-22)23(2)20-27(26-14-10-24(21-30)11-15-26)16-19-31-28(3,4)17-7-18-29(31,5)6/h8-15,23,27H,7,16-21H2,1-6H3. The minimum absolute atomic E-state index is 0.275. The zero-order valence-corrected chi connectivity index (χ0v) is 21.3. The number of benzene rings is 2. The van der Waals surface area contributed by atoms with Gasteiger partial charge in [0.05, 0.1) is 0 Å². The molecule has 170 valence electrons. The van der Waals surface area contributed by atoms with Crippen molar-refractivity contribution in [2.45, 2.75) is 102 Å². The Kier molecular flexibility index (Phi) is 7.92. The normalized spacial score (nSPS) is 20.4. The molecule has 1 saturated heterocycles. The van der Waals surface area contributed by atoms with Crippen molar-refractivity contribution in [3.05, 3.63) is 70.8 Å². The Bertz CT molecular complexity index is 803. The van der Waals surface area contributed by atoms with Crippen LogP contribution in [0, 0.1) is 6.92 Å². The number of nitrogens with zero attached hydrogens (tertiary/aromatic N) is 1. The quantitative estimate of drug-likeness (QED) is 0.373. The van der Waals surface area contributed by atoms with Crippen LogP contribution in [0.2, 0.25) is 0 Å². The summed E-state index contributed by atoms with van der Waals surface area (Å²) < 4.78 is 0. The number of alkyl halides is 1. The second kappa shape index (κ2) is 10.1. The molecular weight excluding hydrogens is 398 g/mol. The van der Waals surface area contributed by atoms with Crippen molar-refractivity contribution in [2.75, 3.05) is 6.54 Å². The van der Waals surface area contributed by atoms with Crippen molar-refractivity contribution >= 4 is 11.6 Å². The monoisotopic (exact) mass is 439 g/mol. The number of piperidine rings is 1. The van der Waals surface area contributed by atoms with E-state index in [4.69, 9.17) is 11.6 Å². The fourth-order valence-electron chi connectivity index (χ4n) is 5.69. The number of aryl methyl sites for hydroxylation is 1. The van der Waals surface area contributed by atoms with E-state index in [1.807, 2.05) is 0 Å². The van der Waals surface area contributed by atoms with E-state index in [9.17, 15) is 0 Å². The largest absolute Gasteiger partial charge is 0.293 e. The molecule has 1 aliphatic heterocycles. The molecule has 1 aliphatic rings. The van der Waals surface area contributed by atoms with Gasteiger partial charge in [-0.2, -0.15) is 0 Å². The smallest absolute Gasteiger partial charge is 0.0474 e. The number of halogens is 1. The summed E-state index contributed by atoms with van der Waals surface area (Å²) in [6, 6.07) is 18.2. The van der Waals surface area contributed by atoms with Gasteiger partial charge in [0, 0.05) is 17.0 Å². The van der Waals surface area contributed by atoms with Gasteiger partial charge >= 0.3 is 0 Å². The van der Waals surface area contributed by atoms with Gasteiger partial charge in [-0.3, -0.25) is 4.90 Å². The van der Waals surface area contributed by atoms with Gasteiger partial charge in [0.2, 0.25) is 0 Å². The lowest BCUT2D eigenvalue weighted by atomic mass is 9.78. The molecule has 2 heteroatoms. The molecule has 0 aromatic heterocycles. The van der Waals surface area contributed by atoms with Gasteiger partial charge in [0.15, 0.2) is 0 Å². The predicted molar refractivity (Wildman–Crippen MR) is 136 cm³/mol. The molecule has 0 bridgehead atoms. The SMILES string of the molecule is Cc1ccc(C(C)CC(CCN2C(C)(C)CCCC2(C)C)c2ccc(CCl)cc2)cc1. The molecule has 1 nitrogen and oxygen atoms in total. The zero-order chi connectivity index (χ0) is 22.6. The maximum absolute atomic E-state index is 6.05. The highest BCUT2D eigenvalue weighted by Gasteiger charge is 2.41. The van der Waals surface area contributed by atoms with Crippen molar-refractivity contribution in [3.8, 4) is 0 Å². The van der Waals surface area contributed by atoms with Crippen LogP contribution in [-0.4, -0.2) is 22.5 Å². The van der Waals surface area contributed by atoms with Crippen LogP contribution < -0.4 is 0 Å². The fraction of sp³-hybridized carbons (Fsp3) is 0.586. The summed E-state index contributed by atoms with van der Waals surface area (Å²) in [5.74, 6) is 1.68. The summed E-state index contributed by atoms with van der Waals surface area (Å²) in [5, 5.41) is 0. The number of hydrogen-bond donors (Lipinski definition) is 0. The molecular formula is C29H42ClN. The highest BCUT2D eigenvalue weighted by atomic mass is 35.5. The number of hydrogen-bond acceptors (Lipinski definition) is 1. The summed E-state index contributed by atoms with van der Waals surface area (Å²) in [6.07, 6.45) is 6.31. The molecule has 2 aromatic rings. The van der Waals surface area contributed by atoms with Crippen LogP contribution in [0.25, 0.3) is 0 Å². The van der Waals surface area contributed by atoms with E-state index >= 15 is 0 Å². The van der Waals surface area contributed by atoms with Gasteiger partial charge < -0.3 is 0 Å². The van der Waals surface area contributed by atoms with Crippen molar-refractivity contribution in [1.29, 1.82) is 0 Å². The van der Waals surface area contributed by atoms with Crippen LogP contribution in [-0.2, 0) is 5.88 Å². The van der Waals surface area contributed by atoms with Crippen LogP contribution in [0.5, 0.6) is 0 Å². The third-order valence-electron chi connectivity index (χ3n) is 7.63. The molecule has 3 rings (SSSR count). The van der Waals surface area contributed by atoms with Crippen molar-refractivity contribution in [2.24, 2.45) is 0 Å². The minimum Gasteiger partial charge on any atom is -0.293 e. The molecule has 0 spiro atoms. The molecule has 0 N–H and O–H groups in total. The van der Waals surface area contributed by atoms with Gasteiger partial charge in [0.25, 0.3) is 0 Å². The lowest BCUT2D eigenvalue weighted by Gasteiger charge is -2.53. The molecule has 0 saturated carbocycles. The Morgan fingerprint density at radius 3 is 1.97 bits per heavy atom.